The first-order chi connectivity index (χ1) is 8.34. The van der Waals surface area contributed by atoms with Crippen LogP contribution in [0.25, 0.3) is 0 Å². The Morgan fingerprint density at radius 3 is 2.71 bits per heavy atom. The monoisotopic (exact) mass is 240 g/mol. The van der Waals surface area contributed by atoms with Crippen LogP contribution in [0.1, 0.15) is 44.9 Å². The molecule has 1 atom stereocenters. The fourth-order valence-corrected chi connectivity index (χ4v) is 2.64. The van der Waals surface area contributed by atoms with Crippen molar-refractivity contribution < 1.29 is 9.53 Å². The van der Waals surface area contributed by atoms with Gasteiger partial charge in [0, 0.05) is 32.2 Å². The third-order valence-corrected chi connectivity index (χ3v) is 3.65. The van der Waals surface area contributed by atoms with E-state index >= 15 is 0 Å². The van der Waals surface area contributed by atoms with E-state index in [2.05, 4.69) is 10.6 Å². The van der Waals surface area contributed by atoms with Crippen LogP contribution in [0.3, 0.4) is 0 Å². The maximum absolute atomic E-state index is 11.6. The van der Waals surface area contributed by atoms with Crippen LogP contribution in [-0.4, -0.2) is 37.7 Å². The fraction of sp³-hybridized carbons (Fsp3) is 0.923. The van der Waals surface area contributed by atoms with Gasteiger partial charge in [-0.15, -0.1) is 0 Å². The molecule has 2 rings (SSSR count). The summed E-state index contributed by atoms with van der Waals surface area (Å²) in [6.45, 7) is 2.55. The molecule has 1 heterocycles. The largest absolute Gasteiger partial charge is 0.377 e. The second-order valence-corrected chi connectivity index (χ2v) is 5.14. The normalized spacial score (nSPS) is 25.3. The van der Waals surface area contributed by atoms with Crippen molar-refractivity contribution in [1.82, 2.24) is 10.6 Å². The Balaban J connectivity index is 1.47. The SMILES string of the molecule is O=C(CCNCC1CCCO1)NC1CCCC1. The molecular weight excluding hydrogens is 216 g/mol. The van der Waals surface area contributed by atoms with Crippen LogP contribution < -0.4 is 10.6 Å². The highest BCUT2D eigenvalue weighted by Crippen LogP contribution is 2.17. The van der Waals surface area contributed by atoms with Crippen molar-refractivity contribution in [3.63, 3.8) is 0 Å². The molecule has 0 aromatic rings. The molecule has 1 saturated heterocycles. The molecule has 2 fully saturated rings. The summed E-state index contributed by atoms with van der Waals surface area (Å²) >= 11 is 0. The molecule has 0 aromatic heterocycles. The molecule has 1 amide bonds. The lowest BCUT2D eigenvalue weighted by Crippen LogP contribution is -2.35. The van der Waals surface area contributed by atoms with Gasteiger partial charge < -0.3 is 15.4 Å². The maximum atomic E-state index is 11.6. The molecule has 98 valence electrons. The highest BCUT2D eigenvalue weighted by Gasteiger charge is 2.17. The Morgan fingerprint density at radius 1 is 1.18 bits per heavy atom. The number of hydrogen-bond donors (Lipinski definition) is 2. The second kappa shape index (κ2) is 6.97. The first-order valence-corrected chi connectivity index (χ1v) is 6.96. The molecule has 1 aliphatic heterocycles. The Labute approximate surface area is 103 Å². The molecule has 0 aromatic carbocycles. The average molecular weight is 240 g/mol. The molecule has 1 saturated carbocycles. The lowest BCUT2D eigenvalue weighted by Gasteiger charge is -2.13. The number of nitrogens with one attached hydrogen (secondary N) is 2. The summed E-state index contributed by atoms with van der Waals surface area (Å²) in [5.74, 6) is 0.191. The number of rotatable bonds is 6. The summed E-state index contributed by atoms with van der Waals surface area (Å²) in [4.78, 5) is 11.6. The van der Waals surface area contributed by atoms with E-state index in [0.29, 0.717) is 18.6 Å². The molecule has 1 unspecified atom stereocenters. The van der Waals surface area contributed by atoms with Crippen molar-refractivity contribution >= 4 is 5.91 Å². The van der Waals surface area contributed by atoms with Gasteiger partial charge in [0.25, 0.3) is 0 Å². The third-order valence-electron chi connectivity index (χ3n) is 3.65. The van der Waals surface area contributed by atoms with E-state index in [4.69, 9.17) is 4.74 Å². The Bertz CT molecular complexity index is 234. The minimum atomic E-state index is 0.191. The molecule has 17 heavy (non-hydrogen) atoms. The van der Waals surface area contributed by atoms with E-state index in [1.165, 1.54) is 19.3 Å². The predicted molar refractivity (Wildman–Crippen MR) is 66.9 cm³/mol. The molecule has 0 bridgehead atoms. The standard InChI is InChI=1S/C13H24N2O2/c16-13(15-11-4-1-2-5-11)7-8-14-10-12-6-3-9-17-12/h11-12,14H,1-10H2,(H,15,16). The summed E-state index contributed by atoms with van der Waals surface area (Å²) in [6, 6.07) is 0.445. The van der Waals surface area contributed by atoms with E-state index in [-0.39, 0.29) is 5.91 Å². The lowest BCUT2D eigenvalue weighted by molar-refractivity contribution is -0.121. The molecule has 0 radical (unpaired) electrons. The zero-order chi connectivity index (χ0) is 11.9. The van der Waals surface area contributed by atoms with Crippen LogP contribution in [0.2, 0.25) is 0 Å². The van der Waals surface area contributed by atoms with Gasteiger partial charge in [0.15, 0.2) is 0 Å². The molecule has 0 spiro atoms. The summed E-state index contributed by atoms with van der Waals surface area (Å²) in [5, 5.41) is 6.39. The van der Waals surface area contributed by atoms with Gasteiger partial charge in [-0.1, -0.05) is 12.8 Å². The smallest absolute Gasteiger partial charge is 0.221 e. The van der Waals surface area contributed by atoms with Crippen LogP contribution in [0, 0.1) is 0 Å². The first kappa shape index (κ1) is 12.8. The van der Waals surface area contributed by atoms with Gasteiger partial charge in [-0.05, 0) is 25.7 Å². The molecule has 2 N–H and O–H groups in total. The number of carbonyl (C=O) groups is 1. The predicted octanol–water partition coefficient (Wildman–Crippen LogP) is 1.20. The van der Waals surface area contributed by atoms with Crippen molar-refractivity contribution in [2.24, 2.45) is 0 Å². The summed E-state index contributed by atoms with van der Waals surface area (Å²) < 4.78 is 5.50. The van der Waals surface area contributed by atoms with Crippen molar-refractivity contribution in [3.05, 3.63) is 0 Å². The molecule has 4 nitrogen and oxygen atoms in total. The average Bonchev–Trinajstić information content (AvgIpc) is 2.96. The quantitative estimate of drug-likeness (QED) is 0.686. The fourth-order valence-electron chi connectivity index (χ4n) is 2.64. The second-order valence-electron chi connectivity index (χ2n) is 5.14. The molecular formula is C13H24N2O2. The summed E-state index contributed by atoms with van der Waals surface area (Å²) in [5.41, 5.74) is 0. The van der Waals surface area contributed by atoms with Gasteiger partial charge in [-0.2, -0.15) is 0 Å². The topological polar surface area (TPSA) is 50.4 Å². The number of hydrogen-bond acceptors (Lipinski definition) is 3. The summed E-state index contributed by atoms with van der Waals surface area (Å²) in [7, 11) is 0. The highest BCUT2D eigenvalue weighted by atomic mass is 16.5. The van der Waals surface area contributed by atoms with Gasteiger partial charge >= 0.3 is 0 Å². The van der Waals surface area contributed by atoms with Gasteiger partial charge in [0.1, 0.15) is 0 Å². The molecule has 4 heteroatoms. The Kier molecular flexibility index (Phi) is 5.26. The Hall–Kier alpha value is -0.610. The van der Waals surface area contributed by atoms with Crippen LogP contribution in [-0.2, 0) is 9.53 Å². The number of carbonyl (C=O) groups excluding carboxylic acids is 1. The Morgan fingerprint density at radius 2 is 2.00 bits per heavy atom. The van der Waals surface area contributed by atoms with Gasteiger partial charge in [-0.25, -0.2) is 0 Å². The van der Waals surface area contributed by atoms with Crippen molar-refractivity contribution in [2.45, 2.75) is 57.1 Å². The molecule has 2 aliphatic rings. The van der Waals surface area contributed by atoms with E-state index < -0.39 is 0 Å². The van der Waals surface area contributed by atoms with E-state index in [1.54, 1.807) is 0 Å². The minimum Gasteiger partial charge on any atom is -0.377 e. The van der Waals surface area contributed by atoms with Gasteiger partial charge in [0.05, 0.1) is 6.10 Å². The van der Waals surface area contributed by atoms with E-state index in [0.717, 1.165) is 39.0 Å². The van der Waals surface area contributed by atoms with Gasteiger partial charge in [0.2, 0.25) is 5.91 Å². The maximum Gasteiger partial charge on any atom is 0.221 e. The van der Waals surface area contributed by atoms with Crippen LogP contribution in [0.5, 0.6) is 0 Å². The van der Waals surface area contributed by atoms with Crippen molar-refractivity contribution in [3.8, 4) is 0 Å². The van der Waals surface area contributed by atoms with Gasteiger partial charge in [-0.3, -0.25) is 4.79 Å². The zero-order valence-corrected chi connectivity index (χ0v) is 10.5. The third kappa shape index (κ3) is 4.64. The first-order valence-electron chi connectivity index (χ1n) is 6.96. The van der Waals surface area contributed by atoms with Crippen LogP contribution >= 0.6 is 0 Å². The van der Waals surface area contributed by atoms with Crippen molar-refractivity contribution in [1.29, 1.82) is 0 Å². The van der Waals surface area contributed by atoms with Crippen LogP contribution in [0.4, 0.5) is 0 Å². The minimum absolute atomic E-state index is 0.191. The van der Waals surface area contributed by atoms with E-state index in [1.807, 2.05) is 0 Å². The zero-order valence-electron chi connectivity index (χ0n) is 10.5. The summed E-state index contributed by atoms with van der Waals surface area (Å²) in [6.07, 6.45) is 8.14. The van der Waals surface area contributed by atoms with Crippen molar-refractivity contribution in [2.75, 3.05) is 19.7 Å². The number of ether oxygens (including phenoxy) is 1. The highest BCUT2D eigenvalue weighted by molar-refractivity contribution is 5.76. The number of amides is 1. The van der Waals surface area contributed by atoms with E-state index in [9.17, 15) is 4.79 Å². The van der Waals surface area contributed by atoms with Crippen LogP contribution in [0.15, 0.2) is 0 Å². The lowest BCUT2D eigenvalue weighted by atomic mass is 10.2. The molecule has 1 aliphatic carbocycles.